The number of fused-ring (bicyclic) bond motifs is 1. The fourth-order valence-corrected chi connectivity index (χ4v) is 5.08. The van der Waals surface area contributed by atoms with Crippen molar-refractivity contribution < 1.29 is 33.4 Å². The molecule has 174 valence electrons. The number of nitrogens with one attached hydrogen (secondary N) is 1. The highest BCUT2D eigenvalue weighted by molar-refractivity contribution is 8.01. The van der Waals surface area contributed by atoms with Crippen LogP contribution in [0.1, 0.15) is 40.2 Å². The number of hydrogen-bond acceptors (Lipinski definition) is 8. The normalized spacial score (nSPS) is 23.6. The highest BCUT2D eigenvalue weighted by atomic mass is 32.2. The second kappa shape index (κ2) is 9.01. The predicted octanol–water partition coefficient (Wildman–Crippen LogP) is 2.43. The van der Waals surface area contributed by atoms with Crippen molar-refractivity contribution in [2.24, 2.45) is 5.41 Å². The van der Waals surface area contributed by atoms with Crippen LogP contribution in [-0.4, -0.2) is 57.8 Å². The van der Waals surface area contributed by atoms with Gasteiger partial charge >= 0.3 is 18.0 Å². The second-order valence-corrected chi connectivity index (χ2v) is 11.0. The summed E-state index contributed by atoms with van der Waals surface area (Å²) >= 11 is 1.39. The Bertz CT molecular complexity index is 897. The smallest absolute Gasteiger partial charge is 0.408 e. The van der Waals surface area contributed by atoms with Gasteiger partial charge in [0.05, 0.1) is 5.41 Å². The Morgan fingerprint density at radius 2 is 1.75 bits per heavy atom. The maximum Gasteiger partial charge on any atom is 0.408 e. The first-order valence-electron chi connectivity index (χ1n) is 10.2. The van der Waals surface area contributed by atoms with E-state index >= 15 is 0 Å². The van der Waals surface area contributed by atoms with Crippen LogP contribution < -0.4 is 5.32 Å². The molecule has 10 heteroatoms. The summed E-state index contributed by atoms with van der Waals surface area (Å²) in [5.74, 6) is -1.55. The molecule has 2 aliphatic heterocycles. The molecule has 2 amide bonds. The topological polar surface area (TPSA) is 111 Å². The fraction of sp³-hybridized carbons (Fsp3) is 0.545. The van der Waals surface area contributed by atoms with Gasteiger partial charge in [-0.25, -0.2) is 9.59 Å². The number of β-lactam (4-membered cyclic amide) rings is 1. The van der Waals surface area contributed by atoms with E-state index < -0.39 is 58.4 Å². The summed E-state index contributed by atoms with van der Waals surface area (Å²) in [5, 5.41) is 2.17. The van der Waals surface area contributed by atoms with Gasteiger partial charge in [0.2, 0.25) is 12.7 Å². The molecule has 2 aliphatic rings. The Labute approximate surface area is 191 Å². The van der Waals surface area contributed by atoms with Crippen molar-refractivity contribution in [1.29, 1.82) is 0 Å². The Hall–Kier alpha value is -2.75. The number of carbonyl (C=O) groups is 4. The third-order valence-electron chi connectivity index (χ3n) is 5.15. The van der Waals surface area contributed by atoms with Gasteiger partial charge in [-0.05, 0) is 40.2 Å². The standard InChI is InChI=1S/C22H28N2O7S/c1-21(2,3)19(27)31-12-30-18(26)15-22(4,5)32-17-14(16(25)24(15)17)23-20(28)29-11-13-9-7-6-8-10-13/h6-10,14-15,17H,11-12H2,1-5H3,(H,23,28)/t14?,15-,17+/m0/s1. The summed E-state index contributed by atoms with van der Waals surface area (Å²) in [4.78, 5) is 50.8. The van der Waals surface area contributed by atoms with E-state index in [9.17, 15) is 19.2 Å². The van der Waals surface area contributed by atoms with Crippen molar-refractivity contribution in [1.82, 2.24) is 10.2 Å². The number of ether oxygens (including phenoxy) is 3. The average molecular weight is 465 g/mol. The molecule has 0 radical (unpaired) electrons. The first kappa shape index (κ1) is 23.9. The number of benzene rings is 1. The summed E-state index contributed by atoms with van der Waals surface area (Å²) in [5.41, 5.74) is 0.108. The molecule has 1 N–H and O–H groups in total. The van der Waals surface area contributed by atoms with Gasteiger partial charge in [-0.3, -0.25) is 9.59 Å². The van der Waals surface area contributed by atoms with Crippen LogP contribution in [-0.2, 0) is 35.2 Å². The van der Waals surface area contributed by atoms with E-state index in [2.05, 4.69) is 5.32 Å². The number of hydrogen-bond donors (Lipinski definition) is 1. The van der Waals surface area contributed by atoms with Crippen LogP contribution in [0, 0.1) is 5.41 Å². The second-order valence-electron chi connectivity index (χ2n) is 9.21. The number of thioether (sulfide) groups is 1. The molecule has 2 heterocycles. The van der Waals surface area contributed by atoms with Crippen LogP contribution >= 0.6 is 11.8 Å². The zero-order chi connectivity index (χ0) is 23.7. The first-order valence-corrected chi connectivity index (χ1v) is 11.1. The van der Waals surface area contributed by atoms with E-state index in [4.69, 9.17) is 14.2 Å². The zero-order valence-electron chi connectivity index (χ0n) is 18.7. The third kappa shape index (κ3) is 5.01. The zero-order valence-corrected chi connectivity index (χ0v) is 19.6. The van der Waals surface area contributed by atoms with Crippen molar-refractivity contribution in [2.45, 2.75) is 63.4 Å². The van der Waals surface area contributed by atoms with Gasteiger partial charge in [-0.15, -0.1) is 11.8 Å². The lowest BCUT2D eigenvalue weighted by Gasteiger charge is -2.43. The van der Waals surface area contributed by atoms with Crippen LogP contribution in [0.4, 0.5) is 4.79 Å². The highest BCUT2D eigenvalue weighted by Gasteiger charge is 2.64. The average Bonchev–Trinajstić information content (AvgIpc) is 2.98. The van der Waals surface area contributed by atoms with Gasteiger partial charge in [-0.1, -0.05) is 30.3 Å². The molecule has 1 unspecified atom stereocenters. The largest absolute Gasteiger partial charge is 0.445 e. The van der Waals surface area contributed by atoms with E-state index in [1.807, 2.05) is 44.2 Å². The molecule has 1 aromatic carbocycles. The molecule has 1 aromatic rings. The molecule has 0 saturated carbocycles. The molecule has 2 saturated heterocycles. The molecule has 0 bridgehead atoms. The van der Waals surface area contributed by atoms with E-state index in [-0.39, 0.29) is 6.61 Å². The number of alkyl carbamates (subject to hydrolysis) is 1. The number of amides is 2. The third-order valence-corrected chi connectivity index (χ3v) is 6.73. The lowest BCUT2D eigenvalue weighted by Crippen LogP contribution is -2.70. The summed E-state index contributed by atoms with van der Waals surface area (Å²) in [7, 11) is 0. The Morgan fingerprint density at radius 1 is 1.09 bits per heavy atom. The van der Waals surface area contributed by atoms with Gasteiger partial charge in [0.1, 0.15) is 24.1 Å². The first-order chi connectivity index (χ1) is 14.9. The quantitative estimate of drug-likeness (QED) is 0.388. The van der Waals surface area contributed by atoms with Crippen molar-refractivity contribution in [3.05, 3.63) is 35.9 Å². The minimum atomic E-state index is -0.864. The molecular formula is C22H28N2O7S. The van der Waals surface area contributed by atoms with Crippen molar-refractivity contribution in [2.75, 3.05) is 6.79 Å². The minimum Gasteiger partial charge on any atom is -0.445 e. The van der Waals surface area contributed by atoms with Crippen LogP contribution in [0.25, 0.3) is 0 Å². The molecule has 2 fully saturated rings. The lowest BCUT2D eigenvalue weighted by atomic mass is 9.96. The SMILES string of the molecule is CC(C)(C)C(=O)OCOC(=O)[C@@H]1N2C(=O)C(NC(=O)OCc3ccccc3)[C@H]2SC1(C)C. The monoisotopic (exact) mass is 464 g/mol. The number of rotatable bonds is 6. The molecule has 0 aromatic heterocycles. The molecular weight excluding hydrogens is 436 g/mol. The maximum atomic E-state index is 12.7. The van der Waals surface area contributed by atoms with Crippen molar-refractivity contribution in [3.63, 3.8) is 0 Å². The number of esters is 2. The van der Waals surface area contributed by atoms with Crippen LogP contribution in [0.2, 0.25) is 0 Å². The van der Waals surface area contributed by atoms with Crippen LogP contribution in [0.3, 0.4) is 0 Å². The molecule has 32 heavy (non-hydrogen) atoms. The Kier molecular flexibility index (Phi) is 6.73. The summed E-state index contributed by atoms with van der Waals surface area (Å²) in [6, 6.07) is 7.53. The lowest BCUT2D eigenvalue weighted by molar-refractivity contribution is -0.180. The highest BCUT2D eigenvalue weighted by Crippen LogP contribution is 2.51. The molecule has 9 nitrogen and oxygen atoms in total. The van der Waals surface area contributed by atoms with Crippen LogP contribution in [0.5, 0.6) is 0 Å². The van der Waals surface area contributed by atoms with Gasteiger partial charge in [0, 0.05) is 4.75 Å². The minimum absolute atomic E-state index is 0.0861. The Balaban J connectivity index is 1.54. The van der Waals surface area contributed by atoms with E-state index in [0.29, 0.717) is 0 Å². The van der Waals surface area contributed by atoms with E-state index in [1.54, 1.807) is 20.8 Å². The number of carbonyl (C=O) groups excluding carboxylic acids is 4. The van der Waals surface area contributed by atoms with E-state index in [1.165, 1.54) is 16.7 Å². The summed E-state index contributed by atoms with van der Waals surface area (Å²) < 4.78 is 14.6. The summed E-state index contributed by atoms with van der Waals surface area (Å²) in [6.45, 7) is 8.27. The van der Waals surface area contributed by atoms with Crippen LogP contribution in [0.15, 0.2) is 30.3 Å². The Morgan fingerprint density at radius 3 is 2.38 bits per heavy atom. The molecule has 0 spiro atoms. The van der Waals surface area contributed by atoms with Gasteiger partial charge in [0.25, 0.3) is 0 Å². The molecule has 0 aliphatic carbocycles. The van der Waals surface area contributed by atoms with Crippen molar-refractivity contribution >= 4 is 35.7 Å². The van der Waals surface area contributed by atoms with Crippen molar-refractivity contribution in [3.8, 4) is 0 Å². The van der Waals surface area contributed by atoms with E-state index in [0.717, 1.165) is 5.56 Å². The number of nitrogens with zero attached hydrogens (tertiary/aromatic N) is 1. The summed E-state index contributed by atoms with van der Waals surface area (Å²) in [6.07, 6.45) is -0.703. The van der Waals surface area contributed by atoms with Gasteiger partial charge < -0.3 is 24.4 Å². The van der Waals surface area contributed by atoms with Gasteiger partial charge in [-0.2, -0.15) is 0 Å². The molecule has 3 rings (SSSR count). The predicted molar refractivity (Wildman–Crippen MR) is 116 cm³/mol. The fourth-order valence-electron chi connectivity index (χ4n) is 3.45. The molecule has 3 atom stereocenters. The van der Waals surface area contributed by atoms with Gasteiger partial charge in [0.15, 0.2) is 0 Å². The maximum absolute atomic E-state index is 12.7.